The van der Waals surface area contributed by atoms with E-state index in [0.29, 0.717) is 44.2 Å². The standard InChI is InChI=1S/C29H27N5O3S/c1-28(16-29(28,31)27(30)36)17-7-8-22-21(14-17)19-5-2-4-18(25(19)38-22)20-6-3-9-34-24(35)15-23(32-26(20)34)33-10-12-37-13-11-33/h2-9,14-15H,10-13,16,31H2,1H3,(H2,30,36). The summed E-state index contributed by atoms with van der Waals surface area (Å²) in [6.45, 7) is 4.66. The number of nitrogens with zero attached hydrogens (tertiary/aromatic N) is 3. The van der Waals surface area contributed by atoms with Crippen molar-refractivity contribution >= 4 is 48.9 Å². The molecule has 2 atom stereocenters. The average Bonchev–Trinajstić information content (AvgIpc) is 3.33. The van der Waals surface area contributed by atoms with Crippen molar-refractivity contribution in [2.24, 2.45) is 11.5 Å². The molecule has 4 heterocycles. The molecule has 2 aliphatic rings. The molecule has 38 heavy (non-hydrogen) atoms. The molecule has 1 aliphatic heterocycles. The van der Waals surface area contributed by atoms with Crippen molar-refractivity contribution in [3.05, 3.63) is 76.7 Å². The number of carbonyl (C=O) groups is 1. The predicted molar refractivity (Wildman–Crippen MR) is 151 cm³/mol. The first-order chi connectivity index (χ1) is 18.3. The number of benzene rings is 2. The van der Waals surface area contributed by atoms with Crippen molar-refractivity contribution in [3.63, 3.8) is 0 Å². The SMILES string of the molecule is CC1(c2ccc3sc4c(-c5cccn6c(=O)cc(N7CCOCC7)nc56)cccc4c3c2)CC1(N)C(N)=O. The lowest BCUT2D eigenvalue weighted by molar-refractivity contribution is -0.120. The molecule has 1 saturated carbocycles. The highest BCUT2D eigenvalue weighted by Crippen LogP contribution is 2.56. The van der Waals surface area contributed by atoms with E-state index in [1.54, 1.807) is 28.0 Å². The summed E-state index contributed by atoms with van der Waals surface area (Å²) < 4.78 is 9.36. The van der Waals surface area contributed by atoms with Gasteiger partial charge in [0.15, 0.2) is 0 Å². The smallest absolute Gasteiger partial charge is 0.259 e. The number of fused-ring (bicyclic) bond motifs is 4. The summed E-state index contributed by atoms with van der Waals surface area (Å²) in [4.78, 5) is 32.2. The second-order valence-electron chi connectivity index (χ2n) is 10.5. The second-order valence-corrected chi connectivity index (χ2v) is 11.6. The molecule has 192 valence electrons. The van der Waals surface area contributed by atoms with Gasteiger partial charge in [-0.25, -0.2) is 4.98 Å². The maximum Gasteiger partial charge on any atom is 0.259 e. The van der Waals surface area contributed by atoms with Crippen LogP contribution in [0.4, 0.5) is 5.82 Å². The van der Waals surface area contributed by atoms with Crippen LogP contribution in [-0.4, -0.2) is 47.1 Å². The number of hydrogen-bond donors (Lipinski definition) is 2. The second kappa shape index (κ2) is 8.10. The summed E-state index contributed by atoms with van der Waals surface area (Å²) in [5.74, 6) is 0.212. The Kier molecular flexibility index (Phi) is 4.98. The number of anilines is 1. The maximum atomic E-state index is 13.1. The van der Waals surface area contributed by atoms with Crippen molar-refractivity contribution in [1.82, 2.24) is 9.38 Å². The van der Waals surface area contributed by atoms with Crippen molar-refractivity contribution < 1.29 is 9.53 Å². The zero-order valence-electron chi connectivity index (χ0n) is 20.9. The van der Waals surface area contributed by atoms with Crippen molar-refractivity contribution in [1.29, 1.82) is 0 Å². The number of thiophene rings is 1. The van der Waals surface area contributed by atoms with Gasteiger partial charge in [-0.15, -0.1) is 11.3 Å². The van der Waals surface area contributed by atoms with Gasteiger partial charge in [-0.05, 0) is 36.2 Å². The summed E-state index contributed by atoms with van der Waals surface area (Å²) in [7, 11) is 0. The Morgan fingerprint density at radius 2 is 1.84 bits per heavy atom. The number of amides is 1. The van der Waals surface area contributed by atoms with E-state index in [0.717, 1.165) is 36.9 Å². The summed E-state index contributed by atoms with van der Waals surface area (Å²) in [5, 5.41) is 2.23. The number of morpholine rings is 1. The van der Waals surface area contributed by atoms with E-state index in [9.17, 15) is 9.59 Å². The Morgan fingerprint density at radius 1 is 1.05 bits per heavy atom. The third-order valence-corrected chi connectivity index (χ3v) is 9.59. The zero-order chi connectivity index (χ0) is 26.2. The molecule has 1 aliphatic carbocycles. The number of primary amides is 1. The molecule has 1 saturated heterocycles. The molecule has 3 aromatic heterocycles. The number of hydrogen-bond acceptors (Lipinski definition) is 7. The normalized spacial score (nSPS) is 23.4. The maximum absolute atomic E-state index is 13.1. The summed E-state index contributed by atoms with van der Waals surface area (Å²) in [5.41, 5.74) is 13.9. The fourth-order valence-corrected chi connectivity index (χ4v) is 7.07. The first kappa shape index (κ1) is 23.3. The number of pyridine rings is 1. The van der Waals surface area contributed by atoms with Gasteiger partial charge in [-0.1, -0.05) is 31.2 Å². The first-order valence-corrected chi connectivity index (χ1v) is 13.5. The predicted octanol–water partition coefficient (Wildman–Crippen LogP) is 3.41. The number of rotatable bonds is 4. The Bertz CT molecular complexity index is 1840. The minimum atomic E-state index is -1.02. The fraction of sp³-hybridized carbons (Fsp3) is 0.276. The molecule has 9 heteroatoms. The largest absolute Gasteiger partial charge is 0.378 e. The summed E-state index contributed by atoms with van der Waals surface area (Å²) >= 11 is 1.71. The summed E-state index contributed by atoms with van der Waals surface area (Å²) in [6, 6.07) is 18.1. The van der Waals surface area contributed by atoms with Crippen LogP contribution < -0.4 is 21.9 Å². The molecule has 0 radical (unpaired) electrons. The van der Waals surface area contributed by atoms with E-state index >= 15 is 0 Å². The van der Waals surface area contributed by atoms with Crippen molar-refractivity contribution in [2.75, 3.05) is 31.2 Å². The molecule has 8 nitrogen and oxygen atoms in total. The Morgan fingerprint density at radius 3 is 2.61 bits per heavy atom. The third kappa shape index (κ3) is 3.25. The van der Waals surface area contributed by atoms with Crippen LogP contribution in [0.25, 0.3) is 36.9 Å². The highest BCUT2D eigenvalue weighted by molar-refractivity contribution is 7.26. The van der Waals surface area contributed by atoms with Gasteiger partial charge in [0, 0.05) is 62.1 Å². The molecular formula is C29H27N5O3S. The van der Waals surface area contributed by atoms with E-state index in [1.165, 1.54) is 0 Å². The lowest BCUT2D eigenvalue weighted by atomic mass is 9.91. The monoisotopic (exact) mass is 525 g/mol. The third-order valence-electron chi connectivity index (χ3n) is 8.37. The van der Waals surface area contributed by atoms with Gasteiger partial charge in [0.05, 0.1) is 13.2 Å². The van der Waals surface area contributed by atoms with Gasteiger partial charge in [0.2, 0.25) is 5.91 Å². The Labute approximate surface area is 222 Å². The fourth-order valence-electron chi connectivity index (χ4n) is 5.86. The molecule has 2 unspecified atom stereocenters. The molecule has 2 aromatic carbocycles. The molecule has 2 fully saturated rings. The average molecular weight is 526 g/mol. The van der Waals surface area contributed by atoms with Gasteiger partial charge < -0.3 is 21.1 Å². The lowest BCUT2D eigenvalue weighted by Gasteiger charge is -2.27. The van der Waals surface area contributed by atoms with Crippen molar-refractivity contribution in [2.45, 2.75) is 24.3 Å². The van der Waals surface area contributed by atoms with Gasteiger partial charge in [0.1, 0.15) is 17.0 Å². The van der Waals surface area contributed by atoms with E-state index in [2.05, 4.69) is 35.2 Å². The van der Waals surface area contributed by atoms with Crippen LogP contribution in [0.1, 0.15) is 18.9 Å². The first-order valence-electron chi connectivity index (χ1n) is 12.7. The summed E-state index contributed by atoms with van der Waals surface area (Å²) in [6.07, 6.45) is 2.30. The Balaban J connectivity index is 1.41. The Hall–Kier alpha value is -3.79. The van der Waals surface area contributed by atoms with Gasteiger partial charge >= 0.3 is 0 Å². The van der Waals surface area contributed by atoms with Gasteiger partial charge in [0.25, 0.3) is 5.56 Å². The number of nitrogens with two attached hydrogens (primary N) is 2. The van der Waals surface area contributed by atoms with E-state index < -0.39 is 16.9 Å². The number of carbonyl (C=O) groups excluding carboxylic acids is 1. The van der Waals surface area contributed by atoms with Crippen LogP contribution in [0.3, 0.4) is 0 Å². The van der Waals surface area contributed by atoms with Crippen LogP contribution in [0.5, 0.6) is 0 Å². The van der Waals surface area contributed by atoms with E-state index in [-0.39, 0.29) is 5.56 Å². The molecule has 0 spiro atoms. The van der Waals surface area contributed by atoms with Crippen LogP contribution in [0, 0.1) is 0 Å². The number of ether oxygens (including phenoxy) is 1. The van der Waals surface area contributed by atoms with Crippen molar-refractivity contribution in [3.8, 4) is 11.1 Å². The molecule has 4 N–H and O–H groups in total. The highest BCUT2D eigenvalue weighted by atomic mass is 32.1. The highest BCUT2D eigenvalue weighted by Gasteiger charge is 2.66. The van der Waals surface area contributed by atoms with Crippen LogP contribution >= 0.6 is 11.3 Å². The van der Waals surface area contributed by atoms with Crippen LogP contribution in [0.2, 0.25) is 0 Å². The molecule has 0 bridgehead atoms. The number of aromatic nitrogens is 2. The quantitative estimate of drug-likeness (QED) is 0.372. The molecule has 1 amide bonds. The minimum absolute atomic E-state index is 0.108. The lowest BCUT2D eigenvalue weighted by Crippen LogP contribution is -2.44. The molecule has 7 rings (SSSR count). The van der Waals surface area contributed by atoms with E-state index in [4.69, 9.17) is 21.2 Å². The minimum Gasteiger partial charge on any atom is -0.378 e. The molecule has 5 aromatic rings. The van der Waals surface area contributed by atoms with Gasteiger partial charge in [-0.2, -0.15) is 0 Å². The topological polar surface area (TPSA) is 116 Å². The molecular weight excluding hydrogens is 498 g/mol. The van der Waals surface area contributed by atoms with Crippen LogP contribution in [0.15, 0.2) is 65.6 Å². The van der Waals surface area contributed by atoms with E-state index in [1.807, 2.05) is 25.1 Å². The van der Waals surface area contributed by atoms with Gasteiger partial charge in [-0.3, -0.25) is 14.0 Å². The van der Waals surface area contributed by atoms with Crippen LogP contribution in [-0.2, 0) is 14.9 Å². The zero-order valence-corrected chi connectivity index (χ0v) is 21.8.